The van der Waals surface area contributed by atoms with Crippen LogP contribution in [0.25, 0.3) is 0 Å². The lowest BCUT2D eigenvalue weighted by atomic mass is 9.94. The molecule has 0 spiro atoms. The summed E-state index contributed by atoms with van der Waals surface area (Å²) in [4.78, 5) is 0. The number of anilines is 1. The van der Waals surface area contributed by atoms with Gasteiger partial charge in [0, 0.05) is 24.2 Å². The zero-order chi connectivity index (χ0) is 14.5. The third kappa shape index (κ3) is 5.96. The highest BCUT2D eigenvalue weighted by molar-refractivity contribution is 5.46. The maximum Gasteiger partial charge on any atom is 0.389 e. The molecule has 3 N–H and O–H groups in total. The molecular weight excluding hydrogens is 253 g/mol. The Morgan fingerprint density at radius 3 is 2.16 bits per heavy atom. The first-order valence-corrected chi connectivity index (χ1v) is 6.36. The van der Waals surface area contributed by atoms with Gasteiger partial charge in [-0.15, -0.1) is 0 Å². The fourth-order valence-corrected chi connectivity index (χ4v) is 1.88. The Labute approximate surface area is 112 Å². The molecule has 108 valence electrons. The van der Waals surface area contributed by atoms with Gasteiger partial charge in [0.2, 0.25) is 0 Å². The van der Waals surface area contributed by atoms with Crippen LogP contribution in [0, 0.1) is 6.92 Å². The van der Waals surface area contributed by atoms with Gasteiger partial charge in [-0.3, -0.25) is 0 Å². The normalized spacial score (nSPS) is 15.1. The van der Waals surface area contributed by atoms with Crippen LogP contribution < -0.4 is 11.1 Å². The van der Waals surface area contributed by atoms with E-state index in [4.69, 9.17) is 5.73 Å². The highest BCUT2D eigenvalue weighted by atomic mass is 19.4. The van der Waals surface area contributed by atoms with Crippen molar-refractivity contribution in [3.8, 4) is 0 Å². The molecule has 1 aromatic rings. The van der Waals surface area contributed by atoms with Gasteiger partial charge in [-0.2, -0.15) is 13.2 Å². The SMILES string of the molecule is Cc1ccc(NC(C)(CN)CCCC(F)(F)F)cc1. The molecule has 1 aromatic carbocycles. The summed E-state index contributed by atoms with van der Waals surface area (Å²) in [6.45, 7) is 4.12. The van der Waals surface area contributed by atoms with Crippen LogP contribution in [-0.2, 0) is 0 Å². The molecule has 5 heteroatoms. The Morgan fingerprint density at radius 2 is 1.68 bits per heavy atom. The van der Waals surface area contributed by atoms with Crippen molar-refractivity contribution in [3.05, 3.63) is 29.8 Å². The van der Waals surface area contributed by atoms with Crippen LogP contribution in [0.3, 0.4) is 0 Å². The van der Waals surface area contributed by atoms with Crippen molar-refractivity contribution in [2.75, 3.05) is 11.9 Å². The van der Waals surface area contributed by atoms with E-state index in [1.54, 1.807) is 0 Å². The number of aryl methyl sites for hydroxylation is 1. The van der Waals surface area contributed by atoms with Crippen LogP contribution in [0.4, 0.5) is 18.9 Å². The van der Waals surface area contributed by atoms with Gasteiger partial charge in [-0.1, -0.05) is 17.7 Å². The maximum atomic E-state index is 12.2. The molecular formula is C14H21F3N2. The highest BCUT2D eigenvalue weighted by Crippen LogP contribution is 2.26. The van der Waals surface area contributed by atoms with Crippen molar-refractivity contribution in [2.45, 2.75) is 44.8 Å². The molecule has 0 saturated carbocycles. The lowest BCUT2D eigenvalue weighted by Crippen LogP contribution is -2.42. The van der Waals surface area contributed by atoms with Gasteiger partial charge in [0.05, 0.1) is 0 Å². The van der Waals surface area contributed by atoms with Crippen molar-refractivity contribution in [3.63, 3.8) is 0 Å². The van der Waals surface area contributed by atoms with E-state index < -0.39 is 18.1 Å². The van der Waals surface area contributed by atoms with E-state index in [1.807, 2.05) is 38.1 Å². The zero-order valence-corrected chi connectivity index (χ0v) is 11.3. The third-order valence-corrected chi connectivity index (χ3v) is 3.14. The maximum absolute atomic E-state index is 12.2. The molecule has 0 radical (unpaired) electrons. The van der Waals surface area contributed by atoms with Gasteiger partial charge >= 0.3 is 6.18 Å². The summed E-state index contributed by atoms with van der Waals surface area (Å²) in [5.74, 6) is 0. The van der Waals surface area contributed by atoms with Crippen LogP contribution in [0.2, 0.25) is 0 Å². The third-order valence-electron chi connectivity index (χ3n) is 3.14. The summed E-state index contributed by atoms with van der Waals surface area (Å²) in [7, 11) is 0. The Kier molecular flexibility index (Phi) is 5.23. The van der Waals surface area contributed by atoms with Crippen molar-refractivity contribution in [1.82, 2.24) is 0 Å². The second-order valence-corrected chi connectivity index (χ2v) is 5.22. The molecule has 1 rings (SSSR count). The lowest BCUT2D eigenvalue weighted by molar-refractivity contribution is -0.136. The van der Waals surface area contributed by atoms with E-state index in [2.05, 4.69) is 5.32 Å². The van der Waals surface area contributed by atoms with E-state index >= 15 is 0 Å². The average molecular weight is 274 g/mol. The van der Waals surface area contributed by atoms with Crippen LogP contribution in [0.5, 0.6) is 0 Å². The molecule has 1 atom stereocenters. The van der Waals surface area contributed by atoms with Gasteiger partial charge in [-0.05, 0) is 38.8 Å². The standard InChI is InChI=1S/C14H21F3N2/c1-11-4-6-12(7-5-11)19-13(2,10-18)8-3-9-14(15,16)17/h4-7,19H,3,8-10,18H2,1-2H3. The molecule has 0 aromatic heterocycles. The summed E-state index contributed by atoms with van der Waals surface area (Å²) < 4.78 is 36.5. The van der Waals surface area contributed by atoms with Gasteiger partial charge in [0.1, 0.15) is 0 Å². The van der Waals surface area contributed by atoms with Crippen molar-refractivity contribution < 1.29 is 13.2 Å². The molecule has 2 nitrogen and oxygen atoms in total. The van der Waals surface area contributed by atoms with Gasteiger partial charge in [0.15, 0.2) is 0 Å². The Balaban J connectivity index is 2.57. The lowest BCUT2D eigenvalue weighted by Gasteiger charge is -2.31. The second-order valence-electron chi connectivity index (χ2n) is 5.22. The largest absolute Gasteiger partial charge is 0.389 e. The molecule has 0 bridgehead atoms. The monoisotopic (exact) mass is 274 g/mol. The van der Waals surface area contributed by atoms with E-state index in [-0.39, 0.29) is 6.42 Å². The zero-order valence-electron chi connectivity index (χ0n) is 11.3. The molecule has 0 heterocycles. The highest BCUT2D eigenvalue weighted by Gasteiger charge is 2.29. The van der Waals surface area contributed by atoms with Crippen LogP contribution in [0.1, 0.15) is 31.7 Å². The van der Waals surface area contributed by atoms with E-state index in [0.717, 1.165) is 11.3 Å². The van der Waals surface area contributed by atoms with E-state index in [1.165, 1.54) is 0 Å². The topological polar surface area (TPSA) is 38.0 Å². The number of halogens is 3. The van der Waals surface area contributed by atoms with Crippen LogP contribution >= 0.6 is 0 Å². The van der Waals surface area contributed by atoms with Gasteiger partial charge < -0.3 is 11.1 Å². The fourth-order valence-electron chi connectivity index (χ4n) is 1.88. The first-order valence-electron chi connectivity index (χ1n) is 6.36. The first kappa shape index (κ1) is 15.8. The summed E-state index contributed by atoms with van der Waals surface area (Å²) in [6, 6.07) is 7.73. The Bertz CT molecular complexity index is 387. The second kappa shape index (κ2) is 6.28. The number of hydrogen-bond acceptors (Lipinski definition) is 2. The molecule has 0 saturated heterocycles. The average Bonchev–Trinajstić information content (AvgIpc) is 2.30. The molecule has 0 fully saturated rings. The van der Waals surface area contributed by atoms with E-state index in [0.29, 0.717) is 13.0 Å². The molecule has 0 aliphatic carbocycles. The number of nitrogens with one attached hydrogen (secondary N) is 1. The predicted octanol–water partition coefficient (Wildman–Crippen LogP) is 3.86. The molecule has 19 heavy (non-hydrogen) atoms. The smallest absolute Gasteiger partial charge is 0.379 e. The fraction of sp³-hybridized carbons (Fsp3) is 0.571. The molecule has 0 aliphatic rings. The Morgan fingerprint density at radius 1 is 1.11 bits per heavy atom. The summed E-state index contributed by atoms with van der Waals surface area (Å²) >= 11 is 0. The van der Waals surface area contributed by atoms with Crippen molar-refractivity contribution >= 4 is 5.69 Å². The van der Waals surface area contributed by atoms with Crippen LogP contribution in [0.15, 0.2) is 24.3 Å². The summed E-state index contributed by atoms with van der Waals surface area (Å²) in [6.07, 6.45) is -4.40. The minimum absolute atomic E-state index is 0.0794. The van der Waals surface area contributed by atoms with Crippen molar-refractivity contribution in [2.24, 2.45) is 5.73 Å². The number of hydrogen-bond donors (Lipinski definition) is 2. The number of rotatable bonds is 6. The number of alkyl halides is 3. The van der Waals surface area contributed by atoms with Crippen molar-refractivity contribution in [1.29, 1.82) is 0 Å². The first-order chi connectivity index (χ1) is 8.74. The van der Waals surface area contributed by atoms with Gasteiger partial charge in [0.25, 0.3) is 0 Å². The number of nitrogens with two attached hydrogens (primary N) is 1. The minimum Gasteiger partial charge on any atom is -0.379 e. The van der Waals surface area contributed by atoms with Gasteiger partial charge in [-0.25, -0.2) is 0 Å². The molecule has 0 amide bonds. The van der Waals surface area contributed by atoms with E-state index in [9.17, 15) is 13.2 Å². The molecule has 0 aliphatic heterocycles. The quantitative estimate of drug-likeness (QED) is 0.826. The molecule has 1 unspecified atom stereocenters. The van der Waals surface area contributed by atoms with Crippen LogP contribution in [-0.4, -0.2) is 18.3 Å². The Hall–Kier alpha value is -1.23. The predicted molar refractivity (Wildman–Crippen MR) is 72.2 cm³/mol. The number of benzene rings is 1. The minimum atomic E-state index is -4.10. The summed E-state index contributed by atoms with van der Waals surface area (Å²) in [5, 5.41) is 3.23. The summed E-state index contributed by atoms with van der Waals surface area (Å²) in [5.41, 5.74) is 7.19.